The average Bonchev–Trinajstić information content (AvgIpc) is 2.51. The second-order valence-corrected chi connectivity index (χ2v) is 6.79. The average molecular weight is 310 g/mol. The first-order chi connectivity index (χ1) is 10.9. The van der Waals surface area contributed by atoms with E-state index in [9.17, 15) is 0 Å². The fourth-order valence-corrected chi connectivity index (χ4v) is 2.52. The Morgan fingerprint density at radius 1 is 1.09 bits per heavy atom. The van der Waals surface area contributed by atoms with Gasteiger partial charge in [-0.25, -0.2) is 0 Å². The van der Waals surface area contributed by atoms with Crippen molar-refractivity contribution in [3.8, 4) is 0 Å². The Labute approximate surface area is 138 Å². The van der Waals surface area contributed by atoms with Crippen LogP contribution in [0, 0.1) is 5.41 Å². The summed E-state index contributed by atoms with van der Waals surface area (Å²) < 4.78 is 0. The molecule has 0 bridgehead atoms. The molecular formula is C19H26N4. The van der Waals surface area contributed by atoms with Crippen LogP contribution in [0.2, 0.25) is 0 Å². The lowest BCUT2D eigenvalue weighted by molar-refractivity contribution is 0.590. The molecule has 2 rings (SSSR count). The fourth-order valence-electron chi connectivity index (χ4n) is 2.52. The fraction of sp³-hybridized carbons (Fsp3) is 0.368. The lowest BCUT2D eigenvalue weighted by atomic mass is 9.87. The molecule has 0 aliphatic heterocycles. The Bertz CT molecular complexity index is 627. The van der Waals surface area contributed by atoms with Crippen molar-refractivity contribution in [1.29, 1.82) is 5.41 Å². The summed E-state index contributed by atoms with van der Waals surface area (Å²) in [5, 5.41) is 7.84. The third-order valence-corrected chi connectivity index (χ3v) is 3.93. The van der Waals surface area contributed by atoms with Crippen molar-refractivity contribution in [1.82, 2.24) is 4.98 Å². The van der Waals surface area contributed by atoms with Gasteiger partial charge in [0, 0.05) is 24.6 Å². The summed E-state index contributed by atoms with van der Waals surface area (Å²) in [5.74, 6) is 0.0863. The number of rotatable bonds is 5. The summed E-state index contributed by atoms with van der Waals surface area (Å²) in [6.07, 6.45) is 5.50. The summed E-state index contributed by atoms with van der Waals surface area (Å²) in [7, 11) is 0. The molecule has 0 aliphatic rings. The summed E-state index contributed by atoms with van der Waals surface area (Å²) in [5.41, 5.74) is 9.40. The minimum Gasteiger partial charge on any atom is -0.370 e. The molecule has 1 aromatic carbocycles. The summed E-state index contributed by atoms with van der Waals surface area (Å²) in [6, 6.07) is 12.4. The molecule has 4 heteroatoms. The molecule has 0 fully saturated rings. The van der Waals surface area contributed by atoms with E-state index >= 15 is 0 Å². The smallest absolute Gasteiger partial charge is 0.192 e. The molecule has 0 radical (unpaired) electrons. The minimum absolute atomic E-state index is 0.0863. The van der Waals surface area contributed by atoms with Crippen molar-refractivity contribution in [2.75, 3.05) is 11.4 Å². The topological polar surface area (TPSA) is 66.0 Å². The van der Waals surface area contributed by atoms with Crippen LogP contribution < -0.4 is 10.6 Å². The van der Waals surface area contributed by atoms with Gasteiger partial charge in [0.25, 0.3) is 0 Å². The number of hydrogen-bond donors (Lipinski definition) is 2. The molecule has 0 saturated carbocycles. The van der Waals surface area contributed by atoms with Gasteiger partial charge in [0.15, 0.2) is 5.96 Å². The standard InChI is InChI=1S/C19H26N4/c1-19(2,3)16-6-8-17(9-7-16)23(18(20)21)14-4-5-15-10-12-22-13-11-15/h6-13H,4-5,14H2,1-3H3,(H3,20,21). The predicted octanol–water partition coefficient (Wildman–Crippen LogP) is 3.71. The quantitative estimate of drug-likeness (QED) is 0.653. The van der Waals surface area contributed by atoms with Gasteiger partial charge in [-0.2, -0.15) is 0 Å². The number of aromatic nitrogens is 1. The number of guanidine groups is 1. The summed E-state index contributed by atoms with van der Waals surface area (Å²) in [4.78, 5) is 5.88. The highest BCUT2D eigenvalue weighted by atomic mass is 15.2. The van der Waals surface area contributed by atoms with Gasteiger partial charge in [-0.1, -0.05) is 32.9 Å². The third kappa shape index (κ3) is 4.81. The molecule has 3 N–H and O–H groups in total. The first-order valence-electron chi connectivity index (χ1n) is 7.99. The van der Waals surface area contributed by atoms with Crippen LogP contribution in [0.15, 0.2) is 48.8 Å². The van der Waals surface area contributed by atoms with Gasteiger partial charge in [0.2, 0.25) is 0 Å². The first kappa shape index (κ1) is 17.0. The van der Waals surface area contributed by atoms with Crippen LogP contribution in [0.5, 0.6) is 0 Å². The Morgan fingerprint density at radius 2 is 1.70 bits per heavy atom. The second-order valence-electron chi connectivity index (χ2n) is 6.79. The van der Waals surface area contributed by atoms with E-state index in [2.05, 4.69) is 50.0 Å². The van der Waals surface area contributed by atoms with Gasteiger partial charge >= 0.3 is 0 Å². The zero-order valence-corrected chi connectivity index (χ0v) is 14.2. The number of benzene rings is 1. The number of anilines is 1. The largest absolute Gasteiger partial charge is 0.370 e. The van der Waals surface area contributed by atoms with Crippen molar-refractivity contribution in [2.24, 2.45) is 5.73 Å². The number of aryl methyl sites for hydroxylation is 1. The van der Waals surface area contributed by atoms with Crippen molar-refractivity contribution < 1.29 is 0 Å². The van der Waals surface area contributed by atoms with E-state index < -0.39 is 0 Å². The highest BCUT2D eigenvalue weighted by Crippen LogP contribution is 2.25. The lowest BCUT2D eigenvalue weighted by Crippen LogP contribution is -2.37. The molecule has 0 unspecified atom stereocenters. The van der Waals surface area contributed by atoms with E-state index in [1.54, 1.807) is 0 Å². The van der Waals surface area contributed by atoms with Crippen LogP contribution in [0.1, 0.15) is 38.3 Å². The molecule has 0 saturated heterocycles. The molecule has 2 aromatic rings. The number of hydrogen-bond acceptors (Lipinski definition) is 2. The first-order valence-corrected chi connectivity index (χ1v) is 7.99. The number of nitrogens with two attached hydrogens (primary N) is 1. The molecule has 0 amide bonds. The maximum Gasteiger partial charge on any atom is 0.192 e. The second kappa shape index (κ2) is 7.27. The van der Waals surface area contributed by atoms with Crippen LogP contribution in [-0.4, -0.2) is 17.5 Å². The Morgan fingerprint density at radius 3 is 2.22 bits per heavy atom. The molecule has 4 nitrogen and oxygen atoms in total. The Hall–Kier alpha value is -2.36. The molecule has 1 heterocycles. The van der Waals surface area contributed by atoms with Crippen LogP contribution in [0.25, 0.3) is 0 Å². The van der Waals surface area contributed by atoms with Crippen molar-refractivity contribution >= 4 is 11.6 Å². The maximum atomic E-state index is 7.84. The molecule has 0 atom stereocenters. The van der Waals surface area contributed by atoms with E-state index in [-0.39, 0.29) is 11.4 Å². The Balaban J connectivity index is 2.02. The van der Waals surface area contributed by atoms with Gasteiger partial charge in [0.05, 0.1) is 0 Å². The van der Waals surface area contributed by atoms with Crippen LogP contribution in [0.3, 0.4) is 0 Å². The van der Waals surface area contributed by atoms with Crippen molar-refractivity contribution in [3.63, 3.8) is 0 Å². The minimum atomic E-state index is 0.0863. The zero-order chi connectivity index (χ0) is 16.9. The molecule has 1 aromatic heterocycles. The van der Waals surface area contributed by atoms with E-state index in [1.807, 2.05) is 29.4 Å². The highest BCUT2D eigenvalue weighted by molar-refractivity contribution is 5.92. The monoisotopic (exact) mass is 310 g/mol. The molecular weight excluding hydrogens is 284 g/mol. The number of nitrogens with zero attached hydrogens (tertiary/aromatic N) is 2. The third-order valence-electron chi connectivity index (χ3n) is 3.93. The number of pyridine rings is 1. The van der Waals surface area contributed by atoms with Crippen LogP contribution >= 0.6 is 0 Å². The SMILES string of the molecule is CC(C)(C)c1ccc(N(CCCc2ccncc2)C(=N)N)cc1. The summed E-state index contributed by atoms with van der Waals surface area (Å²) >= 11 is 0. The Kier molecular flexibility index (Phi) is 5.37. The maximum absolute atomic E-state index is 7.84. The van der Waals surface area contributed by atoms with Crippen molar-refractivity contribution in [2.45, 2.75) is 39.0 Å². The van der Waals surface area contributed by atoms with E-state index in [4.69, 9.17) is 11.1 Å². The van der Waals surface area contributed by atoms with Crippen LogP contribution in [0.4, 0.5) is 5.69 Å². The zero-order valence-electron chi connectivity index (χ0n) is 14.2. The highest BCUT2D eigenvalue weighted by Gasteiger charge is 2.15. The van der Waals surface area contributed by atoms with Crippen molar-refractivity contribution in [3.05, 3.63) is 59.9 Å². The van der Waals surface area contributed by atoms with E-state index in [0.717, 1.165) is 25.1 Å². The molecule has 23 heavy (non-hydrogen) atoms. The summed E-state index contributed by atoms with van der Waals surface area (Å²) in [6.45, 7) is 7.31. The van der Waals surface area contributed by atoms with E-state index in [1.165, 1.54) is 11.1 Å². The van der Waals surface area contributed by atoms with Gasteiger partial charge < -0.3 is 10.6 Å². The molecule has 0 spiro atoms. The normalized spacial score (nSPS) is 11.3. The molecule has 122 valence electrons. The molecule has 0 aliphatic carbocycles. The number of nitrogens with one attached hydrogen (secondary N) is 1. The lowest BCUT2D eigenvalue weighted by Gasteiger charge is -2.25. The van der Waals surface area contributed by atoms with Gasteiger partial charge in [-0.3, -0.25) is 10.4 Å². The predicted molar refractivity (Wildman–Crippen MR) is 97.0 cm³/mol. The van der Waals surface area contributed by atoms with Gasteiger partial charge in [-0.15, -0.1) is 0 Å². The van der Waals surface area contributed by atoms with Crippen LogP contribution in [-0.2, 0) is 11.8 Å². The van der Waals surface area contributed by atoms with Gasteiger partial charge in [-0.05, 0) is 53.6 Å². The van der Waals surface area contributed by atoms with E-state index in [0.29, 0.717) is 0 Å². The van der Waals surface area contributed by atoms with Gasteiger partial charge in [0.1, 0.15) is 0 Å².